The fraction of sp³-hybridized carbons (Fsp3) is 0.286. The van der Waals surface area contributed by atoms with Gasteiger partial charge in [-0.05, 0) is 68.6 Å². The number of nitrogens with zero attached hydrogens (tertiary/aromatic N) is 2. The van der Waals surface area contributed by atoms with Crippen LogP contribution in [0.4, 0.5) is 5.69 Å². The van der Waals surface area contributed by atoms with Gasteiger partial charge in [0.1, 0.15) is 5.82 Å². The number of rotatable bonds is 6. The van der Waals surface area contributed by atoms with Crippen LogP contribution in [0.25, 0.3) is 33.8 Å². The van der Waals surface area contributed by atoms with E-state index in [1.54, 1.807) is 4.68 Å². The number of carbonyl (C=O) groups excluding carboxylic acids is 1. The molecule has 2 aliphatic heterocycles. The van der Waals surface area contributed by atoms with Gasteiger partial charge in [0.05, 0.1) is 35.4 Å². The van der Waals surface area contributed by atoms with Crippen molar-refractivity contribution < 1.29 is 4.79 Å². The van der Waals surface area contributed by atoms with Crippen LogP contribution in [-0.4, -0.2) is 39.7 Å². The average Bonchev–Trinajstić information content (AvgIpc) is 3.72. The van der Waals surface area contributed by atoms with Crippen molar-refractivity contribution in [1.29, 1.82) is 0 Å². The lowest BCUT2D eigenvalue weighted by Crippen LogP contribution is -2.35. The SMILES string of the molecule is Nn1c(-c2ccc(NC(=O)C3CCCN3)cc2)ccc1-c1ccc(-c2cnc(C3CCCN3)[nH]2)cc1. The van der Waals surface area contributed by atoms with Gasteiger partial charge in [-0.15, -0.1) is 0 Å². The quantitative estimate of drug-likeness (QED) is 0.267. The summed E-state index contributed by atoms with van der Waals surface area (Å²) in [7, 11) is 0. The van der Waals surface area contributed by atoms with Gasteiger partial charge in [0.25, 0.3) is 0 Å². The summed E-state index contributed by atoms with van der Waals surface area (Å²) in [6.45, 7) is 1.95. The number of hydrogen-bond donors (Lipinski definition) is 5. The predicted octanol–water partition coefficient (Wildman–Crippen LogP) is 4.04. The molecule has 0 bridgehead atoms. The Morgan fingerprint density at radius 3 is 2.14 bits per heavy atom. The second kappa shape index (κ2) is 9.64. The molecule has 1 amide bonds. The van der Waals surface area contributed by atoms with Crippen LogP contribution in [0, 0.1) is 0 Å². The monoisotopic (exact) mass is 481 g/mol. The Morgan fingerprint density at radius 2 is 1.50 bits per heavy atom. The van der Waals surface area contributed by atoms with Gasteiger partial charge in [0, 0.05) is 16.8 Å². The average molecular weight is 482 g/mol. The van der Waals surface area contributed by atoms with Crippen LogP contribution < -0.4 is 21.8 Å². The van der Waals surface area contributed by atoms with Crippen molar-refractivity contribution in [2.75, 3.05) is 24.2 Å². The number of anilines is 1. The van der Waals surface area contributed by atoms with E-state index in [2.05, 4.69) is 50.2 Å². The molecule has 0 aliphatic carbocycles. The van der Waals surface area contributed by atoms with Crippen molar-refractivity contribution >= 4 is 11.6 Å². The van der Waals surface area contributed by atoms with E-state index in [0.29, 0.717) is 6.04 Å². The number of nitrogens with one attached hydrogen (secondary N) is 4. The molecule has 184 valence electrons. The smallest absolute Gasteiger partial charge is 0.241 e. The van der Waals surface area contributed by atoms with Crippen LogP contribution in [-0.2, 0) is 4.79 Å². The summed E-state index contributed by atoms with van der Waals surface area (Å²) in [5, 5.41) is 9.70. The van der Waals surface area contributed by atoms with Crippen molar-refractivity contribution in [2.45, 2.75) is 37.8 Å². The minimum atomic E-state index is -0.0977. The molecule has 0 radical (unpaired) electrons. The fourth-order valence-electron chi connectivity index (χ4n) is 5.18. The summed E-state index contributed by atoms with van der Waals surface area (Å²) < 4.78 is 1.71. The number of H-pyrrole nitrogens is 1. The number of nitrogen functional groups attached to an aromatic ring is 1. The van der Waals surface area contributed by atoms with Crippen LogP contribution in [0.3, 0.4) is 0 Å². The zero-order valence-electron chi connectivity index (χ0n) is 20.1. The van der Waals surface area contributed by atoms with Crippen LogP contribution >= 0.6 is 0 Å². The summed E-state index contributed by atoms with van der Waals surface area (Å²) in [4.78, 5) is 20.4. The van der Waals surface area contributed by atoms with Gasteiger partial charge in [-0.3, -0.25) is 9.47 Å². The van der Waals surface area contributed by atoms with E-state index in [0.717, 1.165) is 77.6 Å². The molecule has 0 spiro atoms. The Kier molecular flexibility index (Phi) is 6.04. The summed E-state index contributed by atoms with van der Waals surface area (Å²) in [6, 6.07) is 20.5. The van der Waals surface area contributed by atoms with E-state index in [9.17, 15) is 4.79 Å². The van der Waals surface area contributed by atoms with Gasteiger partial charge in [0.2, 0.25) is 5.91 Å². The molecule has 36 heavy (non-hydrogen) atoms. The molecule has 4 heterocycles. The third-order valence-electron chi connectivity index (χ3n) is 7.22. The van der Waals surface area contributed by atoms with Crippen molar-refractivity contribution in [2.24, 2.45) is 0 Å². The van der Waals surface area contributed by atoms with Gasteiger partial charge in [-0.1, -0.05) is 36.4 Å². The molecule has 8 nitrogen and oxygen atoms in total. The van der Waals surface area contributed by atoms with E-state index in [4.69, 9.17) is 5.84 Å². The number of aromatic nitrogens is 3. The van der Waals surface area contributed by atoms with E-state index < -0.39 is 0 Å². The molecular weight excluding hydrogens is 450 g/mol. The van der Waals surface area contributed by atoms with Crippen LogP contribution in [0.1, 0.15) is 37.5 Å². The Bertz CT molecular complexity index is 1340. The normalized spacial score (nSPS) is 19.6. The van der Waals surface area contributed by atoms with Crippen molar-refractivity contribution in [3.05, 3.63) is 72.7 Å². The van der Waals surface area contributed by atoms with Crippen LogP contribution in [0.2, 0.25) is 0 Å². The minimum Gasteiger partial charge on any atom is -0.341 e. The summed E-state index contributed by atoms with van der Waals surface area (Å²) in [5.41, 5.74) is 6.77. The maximum atomic E-state index is 12.4. The second-order valence-corrected chi connectivity index (χ2v) is 9.60. The fourth-order valence-corrected chi connectivity index (χ4v) is 5.18. The third kappa shape index (κ3) is 4.41. The zero-order chi connectivity index (χ0) is 24.5. The standard InChI is InChI=1S/C28H31N7O/c29-35-25(19-7-5-18(6-8-19)24-17-32-27(34-24)22-3-1-15-30-22)13-14-26(35)20-9-11-21(12-10-20)33-28(36)23-4-2-16-31-23/h5-14,17,22-23,30-31H,1-4,15-16,29H2,(H,32,34)(H,33,36). The number of hydrogen-bond acceptors (Lipinski definition) is 5. The van der Waals surface area contributed by atoms with Crippen molar-refractivity contribution in [3.63, 3.8) is 0 Å². The van der Waals surface area contributed by atoms with Gasteiger partial charge >= 0.3 is 0 Å². The Balaban J connectivity index is 1.16. The molecule has 2 fully saturated rings. The highest BCUT2D eigenvalue weighted by atomic mass is 16.2. The topological polar surface area (TPSA) is 113 Å². The minimum absolute atomic E-state index is 0.0229. The molecule has 8 heteroatoms. The lowest BCUT2D eigenvalue weighted by Gasteiger charge is -2.12. The van der Waals surface area contributed by atoms with Gasteiger partial charge in [-0.25, -0.2) is 4.98 Å². The maximum Gasteiger partial charge on any atom is 0.241 e. The number of carbonyl (C=O) groups is 1. The molecule has 2 aromatic heterocycles. The van der Waals surface area contributed by atoms with Crippen molar-refractivity contribution in [3.8, 4) is 33.8 Å². The number of amides is 1. The highest BCUT2D eigenvalue weighted by Gasteiger charge is 2.22. The lowest BCUT2D eigenvalue weighted by atomic mass is 10.1. The number of benzene rings is 2. The van der Waals surface area contributed by atoms with Gasteiger partial charge in [-0.2, -0.15) is 0 Å². The Morgan fingerprint density at radius 1 is 0.861 bits per heavy atom. The molecule has 2 aliphatic rings. The summed E-state index contributed by atoms with van der Waals surface area (Å²) >= 11 is 0. The first kappa shape index (κ1) is 22.6. The predicted molar refractivity (Wildman–Crippen MR) is 143 cm³/mol. The molecule has 6 N–H and O–H groups in total. The summed E-state index contributed by atoms with van der Waals surface area (Å²) in [5.74, 6) is 7.54. The second-order valence-electron chi connectivity index (χ2n) is 9.60. The van der Waals surface area contributed by atoms with Gasteiger partial charge < -0.3 is 26.8 Å². The van der Waals surface area contributed by atoms with Crippen molar-refractivity contribution in [1.82, 2.24) is 25.3 Å². The van der Waals surface area contributed by atoms with E-state index in [1.165, 1.54) is 6.42 Å². The molecule has 4 aromatic rings. The Labute approximate surface area is 210 Å². The maximum absolute atomic E-state index is 12.4. The van der Waals surface area contributed by atoms with E-state index in [-0.39, 0.29) is 11.9 Å². The molecule has 6 rings (SSSR count). The Hall–Kier alpha value is -3.88. The van der Waals surface area contributed by atoms with Crippen LogP contribution in [0.15, 0.2) is 66.9 Å². The number of aromatic amines is 1. The highest BCUT2D eigenvalue weighted by molar-refractivity contribution is 5.95. The summed E-state index contributed by atoms with van der Waals surface area (Å²) in [6.07, 6.45) is 6.14. The van der Waals surface area contributed by atoms with Gasteiger partial charge in [0.15, 0.2) is 0 Å². The third-order valence-corrected chi connectivity index (χ3v) is 7.22. The number of nitrogens with two attached hydrogens (primary N) is 1. The number of imidazole rings is 1. The first-order valence-electron chi connectivity index (χ1n) is 12.7. The molecule has 2 atom stereocenters. The highest BCUT2D eigenvalue weighted by Crippen LogP contribution is 2.30. The molecule has 2 saturated heterocycles. The first-order valence-corrected chi connectivity index (χ1v) is 12.7. The molecule has 2 unspecified atom stereocenters. The van der Waals surface area contributed by atoms with Crippen LogP contribution in [0.5, 0.6) is 0 Å². The lowest BCUT2D eigenvalue weighted by molar-refractivity contribution is -0.117. The molecule has 0 saturated carbocycles. The first-order chi connectivity index (χ1) is 17.7. The largest absolute Gasteiger partial charge is 0.341 e. The van der Waals surface area contributed by atoms with E-state index in [1.807, 2.05) is 42.6 Å². The molecular formula is C28H31N7O. The molecule has 2 aromatic carbocycles. The van der Waals surface area contributed by atoms with E-state index >= 15 is 0 Å². The zero-order valence-corrected chi connectivity index (χ0v) is 20.1.